The first-order chi connectivity index (χ1) is 18.5. The fraction of sp³-hybridized carbons (Fsp3) is 0.276. The SMILES string of the molecule is COc1cc(C/C=C\c2ccc(O)c3c2CC2C[C@H]4CC(O)=C(C(N)=O)C(=O)[C@@]4(O)C(O)=C2C3=O)ccc1O. The molecular weight excluding hydrogens is 506 g/mol. The molecule has 10 heteroatoms. The molecule has 2 aromatic carbocycles. The van der Waals surface area contributed by atoms with E-state index in [-0.39, 0.29) is 41.9 Å². The van der Waals surface area contributed by atoms with Crippen molar-refractivity contribution in [3.63, 3.8) is 0 Å². The summed E-state index contributed by atoms with van der Waals surface area (Å²) in [5.41, 5.74) is 3.67. The fourth-order valence-corrected chi connectivity index (χ4v) is 5.97. The van der Waals surface area contributed by atoms with Crippen molar-refractivity contribution in [3.8, 4) is 17.2 Å². The number of Topliss-reactive ketones (excluding diaryl/α,β-unsaturated/α-hetero) is 2. The zero-order valence-corrected chi connectivity index (χ0v) is 21.0. The van der Waals surface area contributed by atoms with Gasteiger partial charge in [-0.15, -0.1) is 0 Å². The molecule has 0 aliphatic heterocycles. The quantitative estimate of drug-likeness (QED) is 0.314. The molecule has 0 radical (unpaired) electrons. The summed E-state index contributed by atoms with van der Waals surface area (Å²) in [6.07, 6.45) is 4.15. The number of methoxy groups -OCH3 is 1. The van der Waals surface area contributed by atoms with Crippen LogP contribution in [0.4, 0.5) is 0 Å². The van der Waals surface area contributed by atoms with Crippen LogP contribution >= 0.6 is 0 Å². The van der Waals surface area contributed by atoms with Gasteiger partial charge in [0.05, 0.1) is 12.7 Å². The number of primary amides is 1. The van der Waals surface area contributed by atoms with Crippen LogP contribution in [0.5, 0.6) is 17.2 Å². The predicted octanol–water partition coefficient (Wildman–Crippen LogP) is 2.55. The molecule has 0 saturated heterocycles. The molecule has 0 saturated carbocycles. The van der Waals surface area contributed by atoms with E-state index in [1.54, 1.807) is 24.3 Å². The lowest BCUT2D eigenvalue weighted by atomic mass is 9.60. The molecule has 3 aliphatic carbocycles. The average molecular weight is 534 g/mol. The van der Waals surface area contributed by atoms with Crippen molar-refractivity contribution < 1.29 is 44.7 Å². The summed E-state index contributed by atoms with van der Waals surface area (Å²) in [5, 5.41) is 53.1. The van der Waals surface area contributed by atoms with Gasteiger partial charge in [-0.2, -0.15) is 0 Å². The normalized spacial score (nSPS) is 24.5. The van der Waals surface area contributed by atoms with Gasteiger partial charge in [0.2, 0.25) is 5.78 Å². The number of amides is 1. The Labute approximate surface area is 223 Å². The second-order valence-electron chi connectivity index (χ2n) is 10.1. The van der Waals surface area contributed by atoms with Gasteiger partial charge in [-0.3, -0.25) is 14.4 Å². The summed E-state index contributed by atoms with van der Waals surface area (Å²) < 4.78 is 5.14. The van der Waals surface area contributed by atoms with Crippen molar-refractivity contribution in [3.05, 3.63) is 81.3 Å². The Hall–Kier alpha value is -4.57. The summed E-state index contributed by atoms with van der Waals surface area (Å²) in [5.74, 6) is -6.21. The summed E-state index contributed by atoms with van der Waals surface area (Å²) in [6, 6.07) is 8.01. The number of ketones is 2. The minimum absolute atomic E-state index is 0.0252. The van der Waals surface area contributed by atoms with Crippen LogP contribution in [0.1, 0.15) is 39.9 Å². The average Bonchev–Trinajstić information content (AvgIpc) is 2.88. The number of aliphatic hydroxyl groups excluding tert-OH is 2. The highest BCUT2D eigenvalue weighted by molar-refractivity contribution is 6.24. The predicted molar refractivity (Wildman–Crippen MR) is 138 cm³/mol. The minimum Gasteiger partial charge on any atom is -0.511 e. The van der Waals surface area contributed by atoms with Crippen molar-refractivity contribution in [2.45, 2.75) is 31.3 Å². The van der Waals surface area contributed by atoms with E-state index in [1.807, 2.05) is 6.08 Å². The highest BCUT2D eigenvalue weighted by Gasteiger charge is 2.59. The van der Waals surface area contributed by atoms with Gasteiger partial charge in [-0.1, -0.05) is 24.3 Å². The number of hydrogen-bond acceptors (Lipinski definition) is 9. The first kappa shape index (κ1) is 26.1. The molecule has 2 aromatic rings. The van der Waals surface area contributed by atoms with Gasteiger partial charge in [0.15, 0.2) is 22.9 Å². The number of phenolic OH excluding ortho intramolecular Hbond substituents is 2. The Morgan fingerprint density at radius 2 is 1.82 bits per heavy atom. The molecule has 7 N–H and O–H groups in total. The van der Waals surface area contributed by atoms with E-state index in [0.29, 0.717) is 23.3 Å². The molecule has 3 aliphatic rings. The second-order valence-corrected chi connectivity index (χ2v) is 10.1. The van der Waals surface area contributed by atoms with Crippen LogP contribution in [0.3, 0.4) is 0 Å². The van der Waals surface area contributed by atoms with E-state index in [9.17, 15) is 39.9 Å². The molecule has 10 nitrogen and oxygen atoms in total. The van der Waals surface area contributed by atoms with E-state index >= 15 is 0 Å². The van der Waals surface area contributed by atoms with Gasteiger partial charge in [0, 0.05) is 17.9 Å². The topological polar surface area (TPSA) is 188 Å². The number of aromatic hydroxyl groups is 2. The van der Waals surface area contributed by atoms with Crippen LogP contribution in [0.2, 0.25) is 0 Å². The molecule has 0 fully saturated rings. The zero-order chi connectivity index (χ0) is 28.2. The standard InChI is InChI=1S/C29H27NO9/c1-39-21-9-13(5-7-18(21)31)3-2-4-14-6-8-19(32)23-17(14)11-15-10-16-12-20(33)24(28(30)37)27(36)29(16,38)26(35)22(15)25(23)34/h2,4-9,15-16,31-33,35,38H,3,10-12H2,1H3,(H2,30,37)/b4-2-/t15?,16-,29-/m0/s1. The molecule has 0 heterocycles. The van der Waals surface area contributed by atoms with Crippen LogP contribution in [-0.4, -0.2) is 55.7 Å². The number of aliphatic hydroxyl groups is 3. The molecule has 39 heavy (non-hydrogen) atoms. The van der Waals surface area contributed by atoms with E-state index < -0.39 is 52.0 Å². The molecule has 0 spiro atoms. The van der Waals surface area contributed by atoms with Gasteiger partial charge in [-0.25, -0.2) is 0 Å². The monoisotopic (exact) mass is 533 g/mol. The number of rotatable bonds is 5. The van der Waals surface area contributed by atoms with E-state index in [1.165, 1.54) is 19.2 Å². The van der Waals surface area contributed by atoms with E-state index in [4.69, 9.17) is 10.5 Å². The highest BCUT2D eigenvalue weighted by atomic mass is 16.5. The highest BCUT2D eigenvalue weighted by Crippen LogP contribution is 2.51. The Morgan fingerprint density at radius 3 is 2.51 bits per heavy atom. The van der Waals surface area contributed by atoms with Crippen LogP contribution in [-0.2, 0) is 22.4 Å². The number of benzene rings is 2. The lowest BCUT2D eigenvalue weighted by molar-refractivity contribution is -0.144. The number of hydrogen-bond donors (Lipinski definition) is 6. The number of ether oxygens (including phenoxy) is 1. The first-order valence-corrected chi connectivity index (χ1v) is 12.3. The van der Waals surface area contributed by atoms with Gasteiger partial charge in [0.1, 0.15) is 22.8 Å². The molecule has 3 atom stereocenters. The smallest absolute Gasteiger partial charge is 0.255 e. The van der Waals surface area contributed by atoms with Crippen LogP contribution < -0.4 is 10.5 Å². The Balaban J connectivity index is 1.52. The van der Waals surface area contributed by atoms with Crippen LogP contribution in [0, 0.1) is 11.8 Å². The molecule has 1 amide bonds. The maximum absolute atomic E-state index is 13.6. The number of nitrogens with two attached hydrogens (primary N) is 1. The second kappa shape index (κ2) is 9.32. The summed E-state index contributed by atoms with van der Waals surface area (Å²) in [4.78, 5) is 38.4. The van der Waals surface area contributed by atoms with Gasteiger partial charge < -0.3 is 36.0 Å². The maximum atomic E-state index is 13.6. The first-order valence-electron chi connectivity index (χ1n) is 12.3. The van der Waals surface area contributed by atoms with Crippen molar-refractivity contribution in [1.29, 1.82) is 0 Å². The lowest BCUT2D eigenvalue weighted by Crippen LogP contribution is -2.57. The van der Waals surface area contributed by atoms with Crippen LogP contribution in [0.15, 0.2) is 59.1 Å². The van der Waals surface area contributed by atoms with Gasteiger partial charge in [0.25, 0.3) is 5.91 Å². The molecule has 5 rings (SSSR count). The number of fused-ring (bicyclic) bond motifs is 3. The number of phenols is 2. The molecular formula is C29H27NO9. The Bertz CT molecular complexity index is 1530. The van der Waals surface area contributed by atoms with Crippen molar-refractivity contribution in [1.82, 2.24) is 0 Å². The lowest BCUT2D eigenvalue weighted by Gasteiger charge is -2.45. The minimum atomic E-state index is -2.59. The third-order valence-electron chi connectivity index (χ3n) is 7.88. The summed E-state index contributed by atoms with van der Waals surface area (Å²) in [6.45, 7) is 0. The number of allylic oxidation sites excluding steroid dienone is 3. The maximum Gasteiger partial charge on any atom is 0.255 e. The Morgan fingerprint density at radius 1 is 1.10 bits per heavy atom. The third kappa shape index (κ3) is 3.95. The molecule has 202 valence electrons. The largest absolute Gasteiger partial charge is 0.511 e. The summed E-state index contributed by atoms with van der Waals surface area (Å²) in [7, 11) is 1.46. The fourth-order valence-electron chi connectivity index (χ4n) is 5.97. The van der Waals surface area contributed by atoms with Gasteiger partial charge in [-0.05, 0) is 60.1 Å². The van der Waals surface area contributed by atoms with E-state index in [2.05, 4.69) is 0 Å². The van der Waals surface area contributed by atoms with E-state index in [0.717, 1.165) is 5.56 Å². The Kier molecular flexibility index (Phi) is 6.22. The molecule has 0 aromatic heterocycles. The van der Waals surface area contributed by atoms with Crippen molar-refractivity contribution in [2.24, 2.45) is 17.6 Å². The van der Waals surface area contributed by atoms with Crippen molar-refractivity contribution >= 4 is 23.5 Å². The number of carbonyl (C=O) groups is 3. The van der Waals surface area contributed by atoms with Crippen molar-refractivity contribution in [2.75, 3.05) is 7.11 Å². The van der Waals surface area contributed by atoms with Gasteiger partial charge >= 0.3 is 0 Å². The zero-order valence-electron chi connectivity index (χ0n) is 21.0. The van der Waals surface area contributed by atoms with Crippen LogP contribution in [0.25, 0.3) is 6.08 Å². The molecule has 1 unspecified atom stereocenters. The molecule has 0 bridgehead atoms. The number of carbonyl (C=O) groups excluding carboxylic acids is 3. The third-order valence-corrected chi connectivity index (χ3v) is 7.88. The summed E-state index contributed by atoms with van der Waals surface area (Å²) >= 11 is 0.